The molecular formula is C30H18BrNO. The number of furan rings is 1. The van der Waals surface area contributed by atoms with E-state index in [0.717, 1.165) is 32.1 Å². The van der Waals surface area contributed by atoms with Crippen LogP contribution in [0.5, 0.6) is 0 Å². The first kappa shape index (κ1) is 18.7. The van der Waals surface area contributed by atoms with Gasteiger partial charge in [0.2, 0.25) is 0 Å². The van der Waals surface area contributed by atoms with Crippen LogP contribution in [-0.4, -0.2) is 4.57 Å². The van der Waals surface area contributed by atoms with Gasteiger partial charge in [0, 0.05) is 26.3 Å². The average Bonchev–Trinajstić information content (AvgIpc) is 3.39. The molecule has 7 rings (SSSR count). The highest BCUT2D eigenvalue weighted by Gasteiger charge is 2.19. The van der Waals surface area contributed by atoms with Crippen LogP contribution in [0.25, 0.3) is 60.6 Å². The van der Waals surface area contributed by atoms with E-state index in [1.807, 2.05) is 12.1 Å². The largest absolute Gasteiger partial charge is 0.456 e. The topological polar surface area (TPSA) is 18.1 Å². The first-order chi connectivity index (χ1) is 16.3. The maximum Gasteiger partial charge on any atom is 0.137 e. The third kappa shape index (κ3) is 2.79. The van der Waals surface area contributed by atoms with E-state index < -0.39 is 0 Å². The van der Waals surface area contributed by atoms with Crippen LogP contribution in [0, 0.1) is 0 Å². The number of hydrogen-bond donors (Lipinski definition) is 0. The molecule has 0 fully saturated rings. The number of benzene rings is 5. The Bertz CT molecular complexity index is 1830. The summed E-state index contributed by atoms with van der Waals surface area (Å²) in [6.45, 7) is 0. The number of halogens is 1. The van der Waals surface area contributed by atoms with E-state index in [2.05, 4.69) is 118 Å². The van der Waals surface area contributed by atoms with Crippen molar-refractivity contribution < 1.29 is 4.42 Å². The van der Waals surface area contributed by atoms with Crippen molar-refractivity contribution >= 4 is 59.7 Å². The van der Waals surface area contributed by atoms with Crippen LogP contribution in [0.3, 0.4) is 0 Å². The van der Waals surface area contributed by atoms with Gasteiger partial charge in [-0.05, 0) is 53.6 Å². The van der Waals surface area contributed by atoms with E-state index in [4.69, 9.17) is 4.42 Å². The fraction of sp³-hybridized carbons (Fsp3) is 0. The molecule has 0 saturated heterocycles. The van der Waals surface area contributed by atoms with E-state index in [0.29, 0.717) is 0 Å². The van der Waals surface area contributed by atoms with Crippen LogP contribution in [-0.2, 0) is 0 Å². The monoisotopic (exact) mass is 487 g/mol. The second-order valence-electron chi connectivity index (χ2n) is 8.35. The zero-order valence-corrected chi connectivity index (χ0v) is 19.2. The molecule has 33 heavy (non-hydrogen) atoms. The molecule has 2 nitrogen and oxygen atoms in total. The van der Waals surface area contributed by atoms with Gasteiger partial charge in [0.05, 0.1) is 16.4 Å². The molecule has 156 valence electrons. The molecule has 7 aromatic rings. The molecule has 0 unspecified atom stereocenters. The Balaban J connectivity index is 1.66. The van der Waals surface area contributed by atoms with Gasteiger partial charge in [-0.15, -0.1) is 0 Å². The van der Waals surface area contributed by atoms with Crippen molar-refractivity contribution in [2.24, 2.45) is 0 Å². The standard InChI is InChI=1S/C30H18BrNO/c31-21-13-14-23-24-15-16-28-29(25-11-4-5-12-27(25)33-28)30(24)32(26(23)18-21)22-10-6-9-20(17-22)19-7-2-1-3-8-19/h1-18H. The normalized spacial score (nSPS) is 11.8. The fourth-order valence-electron chi connectivity index (χ4n) is 5.01. The summed E-state index contributed by atoms with van der Waals surface area (Å²) in [6, 6.07) is 38.4. The summed E-state index contributed by atoms with van der Waals surface area (Å²) in [7, 11) is 0. The van der Waals surface area contributed by atoms with Crippen LogP contribution in [0.2, 0.25) is 0 Å². The van der Waals surface area contributed by atoms with Gasteiger partial charge in [-0.25, -0.2) is 0 Å². The van der Waals surface area contributed by atoms with E-state index >= 15 is 0 Å². The number of nitrogens with zero attached hydrogens (tertiary/aromatic N) is 1. The number of fused-ring (bicyclic) bond motifs is 7. The Labute approximate surface area is 198 Å². The SMILES string of the molecule is Brc1ccc2c3ccc4oc5ccccc5c4c3n(-c3cccc(-c4ccccc4)c3)c2c1. The smallest absolute Gasteiger partial charge is 0.137 e. The summed E-state index contributed by atoms with van der Waals surface area (Å²) >= 11 is 3.70. The van der Waals surface area contributed by atoms with E-state index in [9.17, 15) is 0 Å². The summed E-state index contributed by atoms with van der Waals surface area (Å²) in [5.74, 6) is 0. The van der Waals surface area contributed by atoms with Gasteiger partial charge in [0.15, 0.2) is 0 Å². The molecule has 0 aliphatic rings. The first-order valence-corrected chi connectivity index (χ1v) is 11.8. The highest BCUT2D eigenvalue weighted by atomic mass is 79.9. The molecule has 0 amide bonds. The quantitative estimate of drug-likeness (QED) is 0.237. The van der Waals surface area contributed by atoms with Crippen molar-refractivity contribution in [1.29, 1.82) is 0 Å². The fourth-order valence-corrected chi connectivity index (χ4v) is 5.36. The third-order valence-electron chi connectivity index (χ3n) is 6.44. The average molecular weight is 488 g/mol. The van der Waals surface area contributed by atoms with Crippen LogP contribution in [0.4, 0.5) is 0 Å². The lowest BCUT2D eigenvalue weighted by Gasteiger charge is -2.11. The predicted molar refractivity (Wildman–Crippen MR) is 141 cm³/mol. The molecule has 0 spiro atoms. The zero-order chi connectivity index (χ0) is 21.9. The lowest BCUT2D eigenvalue weighted by molar-refractivity contribution is 0.669. The number of para-hydroxylation sites is 1. The Morgan fingerprint density at radius 1 is 0.576 bits per heavy atom. The third-order valence-corrected chi connectivity index (χ3v) is 6.94. The van der Waals surface area contributed by atoms with E-state index in [1.165, 1.54) is 32.9 Å². The molecule has 0 atom stereocenters. The predicted octanol–water partition coefficient (Wildman–Crippen LogP) is 9.11. The summed E-state index contributed by atoms with van der Waals surface area (Å²) < 4.78 is 9.68. The number of aromatic nitrogens is 1. The van der Waals surface area contributed by atoms with Crippen molar-refractivity contribution in [3.63, 3.8) is 0 Å². The summed E-state index contributed by atoms with van der Waals surface area (Å²) in [5.41, 5.74) is 7.70. The van der Waals surface area contributed by atoms with Gasteiger partial charge in [0.25, 0.3) is 0 Å². The minimum Gasteiger partial charge on any atom is -0.456 e. The molecule has 5 aromatic carbocycles. The molecule has 2 aromatic heterocycles. The Morgan fingerprint density at radius 3 is 2.27 bits per heavy atom. The maximum absolute atomic E-state index is 6.24. The highest BCUT2D eigenvalue weighted by molar-refractivity contribution is 9.10. The second-order valence-corrected chi connectivity index (χ2v) is 9.26. The summed E-state index contributed by atoms with van der Waals surface area (Å²) in [5, 5.41) is 4.74. The highest BCUT2D eigenvalue weighted by Crippen LogP contribution is 2.41. The van der Waals surface area contributed by atoms with Crippen molar-refractivity contribution in [2.45, 2.75) is 0 Å². The minimum atomic E-state index is 0.908. The number of rotatable bonds is 2. The van der Waals surface area contributed by atoms with Crippen LogP contribution in [0.1, 0.15) is 0 Å². The minimum absolute atomic E-state index is 0.908. The van der Waals surface area contributed by atoms with E-state index in [-0.39, 0.29) is 0 Å². The zero-order valence-electron chi connectivity index (χ0n) is 17.6. The van der Waals surface area contributed by atoms with Gasteiger partial charge in [-0.1, -0.05) is 82.7 Å². The Hall–Kier alpha value is -3.82. The summed E-state index contributed by atoms with van der Waals surface area (Å²) in [6.07, 6.45) is 0. The van der Waals surface area contributed by atoms with Crippen molar-refractivity contribution in [2.75, 3.05) is 0 Å². The molecule has 0 N–H and O–H groups in total. The molecule has 0 bridgehead atoms. The van der Waals surface area contributed by atoms with Crippen LogP contribution >= 0.6 is 15.9 Å². The van der Waals surface area contributed by atoms with Crippen LogP contribution in [0.15, 0.2) is 118 Å². The molecule has 3 heteroatoms. The van der Waals surface area contributed by atoms with Crippen molar-refractivity contribution in [3.8, 4) is 16.8 Å². The molecular weight excluding hydrogens is 470 g/mol. The van der Waals surface area contributed by atoms with Crippen molar-refractivity contribution in [1.82, 2.24) is 4.57 Å². The molecule has 0 aliphatic carbocycles. The van der Waals surface area contributed by atoms with Gasteiger partial charge in [0.1, 0.15) is 11.2 Å². The maximum atomic E-state index is 6.24. The van der Waals surface area contributed by atoms with E-state index in [1.54, 1.807) is 0 Å². The van der Waals surface area contributed by atoms with Gasteiger partial charge in [-0.2, -0.15) is 0 Å². The lowest BCUT2D eigenvalue weighted by atomic mass is 10.0. The van der Waals surface area contributed by atoms with Gasteiger partial charge >= 0.3 is 0 Å². The first-order valence-electron chi connectivity index (χ1n) is 11.0. The van der Waals surface area contributed by atoms with Gasteiger partial charge < -0.3 is 8.98 Å². The molecule has 0 aliphatic heterocycles. The van der Waals surface area contributed by atoms with Crippen LogP contribution < -0.4 is 0 Å². The molecule has 0 radical (unpaired) electrons. The lowest BCUT2D eigenvalue weighted by Crippen LogP contribution is -1.95. The Kier molecular flexibility index (Phi) is 4.02. The number of hydrogen-bond acceptors (Lipinski definition) is 1. The Morgan fingerprint density at radius 2 is 1.36 bits per heavy atom. The molecule has 0 saturated carbocycles. The van der Waals surface area contributed by atoms with Crippen molar-refractivity contribution in [3.05, 3.63) is 114 Å². The molecule has 2 heterocycles. The van der Waals surface area contributed by atoms with Gasteiger partial charge in [-0.3, -0.25) is 0 Å². The summed E-state index contributed by atoms with van der Waals surface area (Å²) in [4.78, 5) is 0. The second kappa shape index (κ2) is 7.09.